The summed E-state index contributed by atoms with van der Waals surface area (Å²) in [6.07, 6.45) is 1.63. The fraction of sp³-hybridized carbons (Fsp3) is 0.923. The molecule has 0 aromatic rings. The normalized spacial score (nSPS) is 18.9. The van der Waals surface area contributed by atoms with Crippen molar-refractivity contribution in [3.8, 4) is 0 Å². The van der Waals surface area contributed by atoms with Crippen LogP contribution in [0.1, 0.15) is 19.8 Å². The number of piperazine rings is 1. The fourth-order valence-corrected chi connectivity index (χ4v) is 2.22. The van der Waals surface area contributed by atoms with Gasteiger partial charge in [-0.05, 0) is 34.0 Å². The first kappa shape index (κ1) is 15.4. The Balaban J connectivity index is 2.10. The zero-order valence-corrected chi connectivity index (χ0v) is 12.0. The molecule has 0 aromatic carbocycles. The smallest absolute Gasteiger partial charge is 0.221 e. The highest BCUT2D eigenvalue weighted by molar-refractivity contribution is 5.76. The molecule has 1 amide bonds. The summed E-state index contributed by atoms with van der Waals surface area (Å²) in [5, 5.41) is 6.33. The van der Waals surface area contributed by atoms with E-state index in [-0.39, 0.29) is 5.91 Å². The Morgan fingerprint density at radius 3 is 2.67 bits per heavy atom. The van der Waals surface area contributed by atoms with Crippen molar-refractivity contribution >= 4 is 5.91 Å². The predicted molar refractivity (Wildman–Crippen MR) is 74.7 cm³/mol. The Morgan fingerprint density at radius 2 is 2.06 bits per heavy atom. The second kappa shape index (κ2) is 8.45. The number of carbonyl (C=O) groups excluding carboxylic acids is 1. The average Bonchev–Trinajstić information content (AvgIpc) is 2.35. The summed E-state index contributed by atoms with van der Waals surface area (Å²) in [6.45, 7) is 8.12. The van der Waals surface area contributed by atoms with Crippen LogP contribution in [0.25, 0.3) is 0 Å². The highest BCUT2D eigenvalue weighted by Crippen LogP contribution is 2.04. The molecule has 1 atom stereocenters. The lowest BCUT2D eigenvalue weighted by Crippen LogP contribution is -2.48. The van der Waals surface area contributed by atoms with Crippen LogP contribution in [-0.4, -0.2) is 75.1 Å². The summed E-state index contributed by atoms with van der Waals surface area (Å²) in [7, 11) is 4.10. The van der Waals surface area contributed by atoms with E-state index >= 15 is 0 Å². The third kappa shape index (κ3) is 6.33. The van der Waals surface area contributed by atoms with Gasteiger partial charge >= 0.3 is 0 Å². The number of rotatable bonds is 7. The summed E-state index contributed by atoms with van der Waals surface area (Å²) >= 11 is 0. The monoisotopic (exact) mass is 256 g/mol. The fourth-order valence-electron chi connectivity index (χ4n) is 2.22. The maximum Gasteiger partial charge on any atom is 0.221 e. The summed E-state index contributed by atoms with van der Waals surface area (Å²) in [6, 6.07) is 0.348. The number of carbonyl (C=O) groups is 1. The van der Waals surface area contributed by atoms with Crippen LogP contribution in [0.5, 0.6) is 0 Å². The Morgan fingerprint density at radius 1 is 1.39 bits per heavy atom. The van der Waals surface area contributed by atoms with E-state index < -0.39 is 0 Å². The molecular formula is C13H28N4O. The maximum absolute atomic E-state index is 11.8. The van der Waals surface area contributed by atoms with Crippen molar-refractivity contribution in [2.45, 2.75) is 25.8 Å². The predicted octanol–water partition coefficient (Wildman–Crippen LogP) is -0.262. The molecule has 2 N–H and O–H groups in total. The third-order valence-corrected chi connectivity index (χ3v) is 3.36. The zero-order chi connectivity index (χ0) is 13.4. The van der Waals surface area contributed by atoms with Crippen LogP contribution in [-0.2, 0) is 4.79 Å². The van der Waals surface area contributed by atoms with Gasteiger partial charge in [0.2, 0.25) is 5.91 Å². The summed E-state index contributed by atoms with van der Waals surface area (Å²) < 4.78 is 0. The van der Waals surface area contributed by atoms with Crippen molar-refractivity contribution in [1.29, 1.82) is 0 Å². The van der Waals surface area contributed by atoms with Gasteiger partial charge in [0.05, 0.1) is 0 Å². The standard InChI is InChI=1S/C13H28N4O/c1-12(17-9-6-14-7-10-17)11-13(18)15-5-4-8-16(2)3/h12,14H,4-11H2,1-3H3,(H,15,18). The Kier molecular flexibility index (Phi) is 7.23. The number of hydrogen-bond acceptors (Lipinski definition) is 4. The molecule has 18 heavy (non-hydrogen) atoms. The second-order valence-corrected chi connectivity index (χ2v) is 5.35. The molecule has 0 bridgehead atoms. The van der Waals surface area contributed by atoms with Crippen molar-refractivity contribution in [3.05, 3.63) is 0 Å². The van der Waals surface area contributed by atoms with E-state index in [9.17, 15) is 4.79 Å². The van der Waals surface area contributed by atoms with Crippen LogP contribution in [0, 0.1) is 0 Å². The molecule has 0 saturated carbocycles. The molecule has 1 rings (SSSR count). The molecule has 106 valence electrons. The van der Waals surface area contributed by atoms with E-state index in [2.05, 4.69) is 27.4 Å². The van der Waals surface area contributed by atoms with Crippen LogP contribution in [0.15, 0.2) is 0 Å². The van der Waals surface area contributed by atoms with Crippen molar-refractivity contribution in [1.82, 2.24) is 20.4 Å². The molecule has 1 unspecified atom stereocenters. The first-order chi connectivity index (χ1) is 8.59. The molecule has 5 heteroatoms. The summed E-state index contributed by atoms with van der Waals surface area (Å²) in [4.78, 5) is 16.3. The second-order valence-electron chi connectivity index (χ2n) is 5.35. The van der Waals surface area contributed by atoms with E-state index in [1.54, 1.807) is 0 Å². The molecular weight excluding hydrogens is 228 g/mol. The molecule has 1 aliphatic rings. The molecule has 0 aliphatic carbocycles. The van der Waals surface area contributed by atoms with Crippen LogP contribution >= 0.6 is 0 Å². The lowest BCUT2D eigenvalue weighted by Gasteiger charge is -2.32. The van der Waals surface area contributed by atoms with E-state index in [1.165, 1.54) is 0 Å². The highest BCUT2D eigenvalue weighted by atomic mass is 16.1. The van der Waals surface area contributed by atoms with Crippen LogP contribution in [0.2, 0.25) is 0 Å². The van der Waals surface area contributed by atoms with Crippen molar-refractivity contribution in [2.75, 3.05) is 53.4 Å². The van der Waals surface area contributed by atoms with Gasteiger partial charge in [-0.3, -0.25) is 9.69 Å². The quantitative estimate of drug-likeness (QED) is 0.616. The van der Waals surface area contributed by atoms with Gasteiger partial charge in [0, 0.05) is 45.2 Å². The third-order valence-electron chi connectivity index (χ3n) is 3.36. The number of amides is 1. The topological polar surface area (TPSA) is 47.6 Å². The Hall–Kier alpha value is -0.650. The molecule has 1 heterocycles. The number of hydrogen-bond donors (Lipinski definition) is 2. The molecule has 0 radical (unpaired) electrons. The van der Waals surface area contributed by atoms with E-state index in [4.69, 9.17) is 0 Å². The summed E-state index contributed by atoms with van der Waals surface area (Å²) in [5.74, 6) is 0.180. The number of nitrogens with zero attached hydrogens (tertiary/aromatic N) is 2. The van der Waals surface area contributed by atoms with Gasteiger partial charge in [0.25, 0.3) is 0 Å². The molecule has 0 aromatic heterocycles. The molecule has 1 aliphatic heterocycles. The van der Waals surface area contributed by atoms with Gasteiger partial charge in [0.1, 0.15) is 0 Å². The van der Waals surface area contributed by atoms with Gasteiger partial charge in [-0.1, -0.05) is 0 Å². The average molecular weight is 256 g/mol. The first-order valence-electron chi connectivity index (χ1n) is 6.96. The van der Waals surface area contributed by atoms with Gasteiger partial charge < -0.3 is 15.5 Å². The van der Waals surface area contributed by atoms with Gasteiger partial charge in [-0.25, -0.2) is 0 Å². The van der Waals surface area contributed by atoms with Crippen LogP contribution in [0.3, 0.4) is 0 Å². The van der Waals surface area contributed by atoms with Crippen molar-refractivity contribution in [3.63, 3.8) is 0 Å². The molecule has 0 spiro atoms. The minimum Gasteiger partial charge on any atom is -0.356 e. The highest BCUT2D eigenvalue weighted by Gasteiger charge is 2.18. The lowest BCUT2D eigenvalue weighted by atomic mass is 10.1. The Labute approximate surface area is 111 Å². The van der Waals surface area contributed by atoms with Crippen LogP contribution < -0.4 is 10.6 Å². The SMILES string of the molecule is CC(CC(=O)NCCCN(C)C)N1CCNCC1. The van der Waals surface area contributed by atoms with E-state index in [0.29, 0.717) is 12.5 Å². The molecule has 5 nitrogen and oxygen atoms in total. The van der Waals surface area contributed by atoms with E-state index in [0.717, 1.165) is 45.7 Å². The lowest BCUT2D eigenvalue weighted by molar-refractivity contribution is -0.122. The van der Waals surface area contributed by atoms with Gasteiger partial charge in [-0.15, -0.1) is 0 Å². The maximum atomic E-state index is 11.8. The zero-order valence-electron chi connectivity index (χ0n) is 12.0. The number of nitrogens with one attached hydrogen (secondary N) is 2. The van der Waals surface area contributed by atoms with Crippen LogP contribution in [0.4, 0.5) is 0 Å². The van der Waals surface area contributed by atoms with Gasteiger partial charge in [0.15, 0.2) is 0 Å². The minimum atomic E-state index is 0.180. The summed E-state index contributed by atoms with van der Waals surface area (Å²) in [5.41, 5.74) is 0. The Bertz CT molecular complexity index is 239. The molecule has 1 saturated heterocycles. The van der Waals surface area contributed by atoms with Gasteiger partial charge in [-0.2, -0.15) is 0 Å². The largest absolute Gasteiger partial charge is 0.356 e. The molecule has 1 fully saturated rings. The van der Waals surface area contributed by atoms with Crippen molar-refractivity contribution < 1.29 is 4.79 Å². The van der Waals surface area contributed by atoms with E-state index in [1.807, 2.05) is 14.1 Å². The van der Waals surface area contributed by atoms with Crippen molar-refractivity contribution in [2.24, 2.45) is 0 Å². The first-order valence-corrected chi connectivity index (χ1v) is 6.96. The minimum absolute atomic E-state index is 0.180.